The minimum absolute atomic E-state index is 0.411. The van der Waals surface area contributed by atoms with Gasteiger partial charge in [0.15, 0.2) is 0 Å². The number of benzene rings is 2. The largest absolute Gasteiger partial charge is 0.494 e. The van der Waals surface area contributed by atoms with Gasteiger partial charge in [-0.05, 0) is 94.3 Å². The van der Waals surface area contributed by atoms with Gasteiger partial charge in [-0.3, -0.25) is 14.5 Å². The molecule has 8 heteroatoms. The molecule has 0 fully saturated rings. The van der Waals surface area contributed by atoms with Crippen molar-refractivity contribution in [3.05, 3.63) is 71.0 Å². The number of unbranched alkanes of at least 4 members (excludes halogenated alkanes) is 3. The van der Waals surface area contributed by atoms with E-state index in [0.29, 0.717) is 26.0 Å². The number of fused-ring (bicyclic) bond motifs is 3. The summed E-state index contributed by atoms with van der Waals surface area (Å²) in [7, 11) is -2.92. The molecule has 0 unspecified atom stereocenters. The van der Waals surface area contributed by atoms with Crippen LogP contribution in [0.5, 0.6) is 5.75 Å². The molecule has 4 aromatic rings. The summed E-state index contributed by atoms with van der Waals surface area (Å²) < 4.78 is 29.2. The highest BCUT2D eigenvalue weighted by Gasteiger charge is 2.22. The van der Waals surface area contributed by atoms with Crippen molar-refractivity contribution in [1.29, 1.82) is 0 Å². The van der Waals surface area contributed by atoms with Crippen molar-refractivity contribution in [3.8, 4) is 5.75 Å². The van der Waals surface area contributed by atoms with E-state index in [1.165, 1.54) is 11.1 Å². The van der Waals surface area contributed by atoms with Crippen molar-refractivity contribution < 1.29 is 18.3 Å². The SMILES string of the molecule is CCOP(=O)(CCCCCCOc1ccc(CCc2ccc3c(cnc4c(C)ccc(N)c43)n2)c(C)c1)OCC. The minimum Gasteiger partial charge on any atom is -0.494 e. The first-order valence-corrected chi connectivity index (χ1v) is 16.1. The molecule has 0 amide bonds. The zero-order valence-electron chi connectivity index (χ0n) is 24.2. The fourth-order valence-electron chi connectivity index (χ4n) is 5.06. The van der Waals surface area contributed by atoms with E-state index in [1.54, 1.807) is 0 Å². The van der Waals surface area contributed by atoms with Crippen molar-refractivity contribution in [2.45, 2.75) is 66.2 Å². The molecule has 0 saturated carbocycles. The van der Waals surface area contributed by atoms with Crippen LogP contribution in [-0.4, -0.2) is 36.0 Å². The Morgan fingerprint density at radius 3 is 2.40 bits per heavy atom. The third-order valence-corrected chi connectivity index (χ3v) is 9.36. The lowest BCUT2D eigenvalue weighted by Gasteiger charge is -2.16. The standard InChI is InChI=1S/C32H42N3O4P/c1-5-38-40(36,39-6-2)20-10-8-7-9-19-37-27-16-13-25(24(4)21-27)12-14-26-15-17-28-30(35-26)22-34-32-23(3)11-18-29(33)31(28)32/h11,13,15-18,21-22H,5-10,12,14,19-20,33H2,1-4H3. The molecule has 0 spiro atoms. The minimum atomic E-state index is -2.92. The molecule has 0 aliphatic rings. The third kappa shape index (κ3) is 7.60. The van der Waals surface area contributed by atoms with Gasteiger partial charge in [0.1, 0.15) is 5.75 Å². The highest BCUT2D eigenvalue weighted by atomic mass is 31.2. The molecule has 4 rings (SSSR count). The Morgan fingerprint density at radius 2 is 1.65 bits per heavy atom. The zero-order chi connectivity index (χ0) is 28.5. The average Bonchev–Trinajstić information content (AvgIpc) is 2.94. The lowest BCUT2D eigenvalue weighted by Crippen LogP contribution is -2.02. The van der Waals surface area contributed by atoms with Crippen molar-refractivity contribution in [3.63, 3.8) is 0 Å². The van der Waals surface area contributed by atoms with Crippen LogP contribution in [0, 0.1) is 13.8 Å². The second kappa shape index (κ2) is 14.1. The van der Waals surface area contributed by atoms with E-state index >= 15 is 0 Å². The summed E-state index contributed by atoms with van der Waals surface area (Å²) in [5.41, 5.74) is 13.5. The second-order valence-corrected chi connectivity index (χ2v) is 12.4. The summed E-state index contributed by atoms with van der Waals surface area (Å²) in [5, 5.41) is 2.03. The Labute approximate surface area is 238 Å². The first-order valence-electron chi connectivity index (χ1n) is 14.4. The van der Waals surface area contributed by atoms with Gasteiger partial charge in [0.25, 0.3) is 0 Å². The molecule has 214 valence electrons. The number of pyridine rings is 2. The number of nitrogen functional groups attached to an aromatic ring is 1. The van der Waals surface area contributed by atoms with Gasteiger partial charge < -0.3 is 19.5 Å². The van der Waals surface area contributed by atoms with Crippen molar-refractivity contribution in [2.75, 3.05) is 31.7 Å². The summed E-state index contributed by atoms with van der Waals surface area (Å²) in [6.45, 7) is 9.36. The van der Waals surface area contributed by atoms with Crippen LogP contribution in [0.3, 0.4) is 0 Å². The van der Waals surface area contributed by atoms with Gasteiger partial charge in [0, 0.05) is 22.2 Å². The van der Waals surface area contributed by atoms with Crippen LogP contribution in [0.2, 0.25) is 0 Å². The Hall–Kier alpha value is -2.99. The number of rotatable bonds is 15. The first kappa shape index (κ1) is 30.0. The number of hydrogen-bond donors (Lipinski definition) is 1. The predicted octanol–water partition coefficient (Wildman–Crippen LogP) is 7.97. The van der Waals surface area contributed by atoms with E-state index in [1.807, 2.05) is 32.2 Å². The van der Waals surface area contributed by atoms with Crippen LogP contribution in [0.1, 0.15) is 61.9 Å². The first-order chi connectivity index (χ1) is 19.3. The molecule has 0 aliphatic carbocycles. The Kier molecular flexibility index (Phi) is 10.5. The maximum atomic E-state index is 12.5. The van der Waals surface area contributed by atoms with Gasteiger partial charge in [0.05, 0.1) is 43.2 Å². The maximum Gasteiger partial charge on any atom is 0.330 e. The highest BCUT2D eigenvalue weighted by Crippen LogP contribution is 2.48. The van der Waals surface area contributed by atoms with E-state index < -0.39 is 7.60 Å². The van der Waals surface area contributed by atoms with Gasteiger partial charge in [-0.15, -0.1) is 0 Å². The van der Waals surface area contributed by atoms with Gasteiger partial charge in [-0.2, -0.15) is 0 Å². The third-order valence-electron chi connectivity index (χ3n) is 7.19. The lowest BCUT2D eigenvalue weighted by molar-refractivity contribution is 0.219. The smallest absolute Gasteiger partial charge is 0.330 e. The van der Waals surface area contributed by atoms with Crippen LogP contribution < -0.4 is 10.5 Å². The Balaban J connectivity index is 1.25. The van der Waals surface area contributed by atoms with Gasteiger partial charge >= 0.3 is 7.60 Å². The normalized spacial score (nSPS) is 11.9. The van der Waals surface area contributed by atoms with E-state index in [2.05, 4.69) is 49.2 Å². The summed E-state index contributed by atoms with van der Waals surface area (Å²) in [5.74, 6) is 0.896. The van der Waals surface area contributed by atoms with Crippen LogP contribution >= 0.6 is 7.60 Å². The molecule has 40 heavy (non-hydrogen) atoms. The summed E-state index contributed by atoms with van der Waals surface area (Å²) >= 11 is 0. The van der Waals surface area contributed by atoms with Crippen molar-refractivity contribution >= 4 is 35.1 Å². The fourth-order valence-corrected chi connectivity index (χ4v) is 6.79. The van der Waals surface area contributed by atoms with E-state index in [-0.39, 0.29) is 0 Å². The van der Waals surface area contributed by atoms with Gasteiger partial charge in [-0.1, -0.05) is 31.0 Å². The number of aromatic nitrogens is 2. The number of aryl methyl sites for hydroxylation is 4. The monoisotopic (exact) mass is 563 g/mol. The lowest BCUT2D eigenvalue weighted by atomic mass is 10.0. The van der Waals surface area contributed by atoms with Crippen molar-refractivity contribution in [1.82, 2.24) is 9.97 Å². The summed E-state index contributed by atoms with van der Waals surface area (Å²) in [6, 6.07) is 14.5. The zero-order valence-corrected chi connectivity index (χ0v) is 25.1. The highest BCUT2D eigenvalue weighted by molar-refractivity contribution is 7.53. The van der Waals surface area contributed by atoms with Crippen LogP contribution in [-0.2, 0) is 26.5 Å². The number of nitrogens with zero attached hydrogens (tertiary/aromatic N) is 2. The summed E-state index contributed by atoms with van der Waals surface area (Å²) in [6.07, 6.45) is 7.87. The van der Waals surface area contributed by atoms with Crippen LogP contribution in [0.15, 0.2) is 48.7 Å². The quantitative estimate of drug-likeness (QED) is 0.0678. The van der Waals surface area contributed by atoms with Gasteiger partial charge in [-0.25, -0.2) is 0 Å². The Bertz CT molecular complexity index is 1480. The topological polar surface area (TPSA) is 96.6 Å². The molecule has 2 aromatic heterocycles. The van der Waals surface area contributed by atoms with E-state index in [4.69, 9.17) is 24.5 Å². The maximum absolute atomic E-state index is 12.5. The second-order valence-electron chi connectivity index (χ2n) is 10.2. The molecule has 0 aliphatic heterocycles. The number of nitrogens with two attached hydrogens (primary N) is 1. The molecule has 0 atom stereocenters. The number of ether oxygens (including phenoxy) is 1. The van der Waals surface area contributed by atoms with E-state index in [0.717, 1.165) is 83.0 Å². The van der Waals surface area contributed by atoms with Crippen molar-refractivity contribution in [2.24, 2.45) is 0 Å². The molecule has 0 bridgehead atoms. The molecule has 2 N–H and O–H groups in total. The van der Waals surface area contributed by atoms with E-state index in [9.17, 15) is 4.57 Å². The molecule has 0 saturated heterocycles. The average molecular weight is 564 g/mol. The molecule has 7 nitrogen and oxygen atoms in total. The summed E-state index contributed by atoms with van der Waals surface area (Å²) in [4.78, 5) is 9.53. The molecule has 0 radical (unpaired) electrons. The molecule has 2 aromatic carbocycles. The van der Waals surface area contributed by atoms with Crippen LogP contribution in [0.4, 0.5) is 5.69 Å². The molecular formula is C32H42N3O4P. The molecule has 2 heterocycles. The van der Waals surface area contributed by atoms with Crippen LogP contribution in [0.25, 0.3) is 21.8 Å². The molecular weight excluding hydrogens is 521 g/mol. The fraction of sp³-hybridized carbons (Fsp3) is 0.438. The number of hydrogen-bond acceptors (Lipinski definition) is 7. The predicted molar refractivity (Wildman–Crippen MR) is 164 cm³/mol. The number of anilines is 1. The van der Waals surface area contributed by atoms with Gasteiger partial charge in [0.2, 0.25) is 0 Å². The Morgan fingerprint density at radius 1 is 0.875 bits per heavy atom.